The van der Waals surface area contributed by atoms with Crippen LogP contribution in [0, 0.1) is 10.1 Å². The first-order valence-corrected chi connectivity index (χ1v) is 8.14. The molecule has 2 atom stereocenters. The molecule has 0 saturated heterocycles. The number of non-ortho nitro benzene ring substituents is 1. The lowest BCUT2D eigenvalue weighted by atomic mass is 10.1. The van der Waals surface area contributed by atoms with Crippen LogP contribution in [0.5, 0.6) is 0 Å². The van der Waals surface area contributed by atoms with Crippen molar-refractivity contribution in [3.63, 3.8) is 0 Å². The first-order chi connectivity index (χ1) is 12.2. The summed E-state index contributed by atoms with van der Waals surface area (Å²) in [6, 6.07) is 14.9. The van der Waals surface area contributed by atoms with Gasteiger partial charge in [-0.3, -0.25) is 10.1 Å². The quantitative estimate of drug-likeness (QED) is 0.408. The van der Waals surface area contributed by atoms with Crippen molar-refractivity contribution in [1.29, 1.82) is 0 Å². The van der Waals surface area contributed by atoms with Crippen LogP contribution in [0.25, 0.3) is 5.69 Å². The number of nitro benzene ring substituents is 1. The van der Waals surface area contributed by atoms with E-state index < -0.39 is 0 Å². The number of para-hydroxylation sites is 1. The number of hydrogen-bond donors (Lipinski definition) is 0. The van der Waals surface area contributed by atoms with Gasteiger partial charge in [0.2, 0.25) is 6.33 Å². The van der Waals surface area contributed by atoms with Crippen molar-refractivity contribution in [3.05, 3.63) is 81.9 Å². The fraction of sp³-hybridized carbons (Fsp3) is 0.222. The van der Waals surface area contributed by atoms with Crippen molar-refractivity contribution in [1.82, 2.24) is 9.78 Å². The van der Waals surface area contributed by atoms with E-state index in [-0.39, 0.29) is 22.8 Å². The molecule has 0 unspecified atom stereocenters. The zero-order valence-corrected chi connectivity index (χ0v) is 13.3. The Morgan fingerprint density at radius 1 is 1.24 bits per heavy atom. The summed E-state index contributed by atoms with van der Waals surface area (Å²) in [7, 11) is 0. The summed E-state index contributed by atoms with van der Waals surface area (Å²) in [5, 5.41) is 15.8. The lowest BCUT2D eigenvalue weighted by Gasteiger charge is -2.23. The van der Waals surface area contributed by atoms with E-state index in [0.29, 0.717) is 6.61 Å². The Morgan fingerprint density at radius 2 is 2.08 bits per heavy atom. The molecule has 0 fully saturated rings. The maximum absolute atomic E-state index is 11.1. The van der Waals surface area contributed by atoms with Crippen LogP contribution in [-0.4, -0.2) is 20.8 Å². The van der Waals surface area contributed by atoms with Gasteiger partial charge in [-0.2, -0.15) is 0 Å². The Kier molecular flexibility index (Phi) is 2.98. The zero-order chi connectivity index (χ0) is 17.0. The molecule has 0 spiro atoms. The van der Waals surface area contributed by atoms with Crippen molar-refractivity contribution >= 4 is 5.69 Å². The fourth-order valence-corrected chi connectivity index (χ4v) is 3.77. The van der Waals surface area contributed by atoms with Crippen LogP contribution >= 0.6 is 0 Å². The summed E-state index contributed by atoms with van der Waals surface area (Å²) >= 11 is 0. The number of aromatic nitrogens is 3. The smallest absolute Gasteiger partial charge is 0.304 e. The van der Waals surface area contributed by atoms with Gasteiger partial charge in [-0.05, 0) is 17.7 Å². The van der Waals surface area contributed by atoms with Gasteiger partial charge in [-0.25, -0.2) is 4.57 Å². The molecule has 1 aromatic heterocycles. The normalized spacial score (nSPS) is 20.6. The second kappa shape index (κ2) is 5.22. The van der Waals surface area contributed by atoms with E-state index >= 15 is 0 Å². The van der Waals surface area contributed by atoms with Gasteiger partial charge in [-0.1, -0.05) is 28.9 Å². The number of fused-ring (bicyclic) bond motifs is 5. The monoisotopic (exact) mass is 335 g/mol. The molecule has 7 nitrogen and oxygen atoms in total. The van der Waals surface area contributed by atoms with E-state index in [9.17, 15) is 10.1 Å². The number of hydrogen-bond acceptors (Lipinski definition) is 4. The molecule has 0 amide bonds. The van der Waals surface area contributed by atoms with Gasteiger partial charge < -0.3 is 4.74 Å². The molecular formula is C18H15N4O3+. The Morgan fingerprint density at radius 3 is 2.88 bits per heavy atom. The van der Waals surface area contributed by atoms with Gasteiger partial charge in [0.1, 0.15) is 24.4 Å². The molecule has 0 saturated carbocycles. The second-order valence-electron chi connectivity index (χ2n) is 6.36. The maximum atomic E-state index is 11.1. The van der Waals surface area contributed by atoms with Crippen molar-refractivity contribution in [2.45, 2.75) is 25.2 Å². The first kappa shape index (κ1) is 14.3. The molecule has 2 heterocycles. The maximum Gasteiger partial charge on any atom is 0.304 e. The third-order valence-electron chi connectivity index (χ3n) is 4.93. The molecule has 5 rings (SSSR count). The topological polar surface area (TPSA) is 74.1 Å². The number of benzene rings is 2. The van der Waals surface area contributed by atoms with Crippen molar-refractivity contribution in [2.75, 3.05) is 0 Å². The third-order valence-corrected chi connectivity index (χ3v) is 4.93. The highest BCUT2D eigenvalue weighted by Gasteiger charge is 2.44. The van der Waals surface area contributed by atoms with Crippen molar-refractivity contribution in [3.8, 4) is 5.69 Å². The van der Waals surface area contributed by atoms with Crippen LogP contribution in [0.1, 0.15) is 23.0 Å². The molecule has 0 N–H and O–H groups in total. The average Bonchev–Trinajstić information content (AvgIpc) is 3.22. The predicted octanol–water partition coefficient (Wildman–Crippen LogP) is 2.11. The lowest BCUT2D eigenvalue weighted by molar-refractivity contribution is -0.739. The summed E-state index contributed by atoms with van der Waals surface area (Å²) in [5.74, 6) is 0.824. The minimum absolute atomic E-state index is 0.0112. The van der Waals surface area contributed by atoms with Gasteiger partial charge in [0.15, 0.2) is 0 Å². The molecule has 3 aromatic rings. The Hall–Kier alpha value is -3.06. The van der Waals surface area contributed by atoms with Crippen LogP contribution in [-0.2, 0) is 17.8 Å². The Bertz CT molecular complexity index is 983. The summed E-state index contributed by atoms with van der Waals surface area (Å²) in [4.78, 5) is 10.8. The van der Waals surface area contributed by atoms with E-state index in [1.165, 1.54) is 0 Å². The number of ether oxygens (including phenoxy) is 1. The van der Waals surface area contributed by atoms with Gasteiger partial charge >= 0.3 is 5.82 Å². The van der Waals surface area contributed by atoms with Gasteiger partial charge in [-0.15, -0.1) is 0 Å². The van der Waals surface area contributed by atoms with Gasteiger partial charge in [0, 0.05) is 29.2 Å². The summed E-state index contributed by atoms with van der Waals surface area (Å²) in [6.45, 7) is 0.442. The van der Waals surface area contributed by atoms with Crippen LogP contribution < -0.4 is 4.57 Å². The molecular weight excluding hydrogens is 320 g/mol. The molecule has 0 radical (unpaired) electrons. The Labute approximate surface area is 143 Å². The summed E-state index contributed by atoms with van der Waals surface area (Å²) in [6.07, 6.45) is 2.71. The highest BCUT2D eigenvalue weighted by molar-refractivity contribution is 5.44. The highest BCUT2D eigenvalue weighted by atomic mass is 16.6. The third kappa shape index (κ3) is 2.16. The molecule has 7 heteroatoms. The standard InChI is InChI=1S/C18H15N4O3/c23-22(24)14-7-6-12-8-16-18(15(12)9-14)20-11-21(19-17(20)10-25-16)13-4-2-1-3-5-13/h1-7,9,11,16,18H,8,10H2/q+1/t16-,18+/m1/s1. The highest BCUT2D eigenvalue weighted by Crippen LogP contribution is 2.37. The van der Waals surface area contributed by atoms with Crippen molar-refractivity contribution in [2.24, 2.45) is 0 Å². The average molecular weight is 335 g/mol. The molecule has 1 aliphatic heterocycles. The predicted molar refractivity (Wildman–Crippen MR) is 87.3 cm³/mol. The van der Waals surface area contributed by atoms with Crippen LogP contribution in [0.2, 0.25) is 0 Å². The number of nitro groups is 1. The van der Waals surface area contributed by atoms with Crippen molar-refractivity contribution < 1.29 is 14.2 Å². The molecule has 124 valence electrons. The molecule has 25 heavy (non-hydrogen) atoms. The van der Waals surface area contributed by atoms with E-state index in [1.807, 2.05) is 47.4 Å². The summed E-state index contributed by atoms with van der Waals surface area (Å²) in [5.41, 5.74) is 3.15. The van der Waals surface area contributed by atoms with Gasteiger partial charge in [0.05, 0.1) is 4.92 Å². The van der Waals surface area contributed by atoms with E-state index in [0.717, 1.165) is 29.1 Å². The van der Waals surface area contributed by atoms with E-state index in [2.05, 4.69) is 9.67 Å². The molecule has 0 bridgehead atoms. The van der Waals surface area contributed by atoms with E-state index in [4.69, 9.17) is 4.74 Å². The van der Waals surface area contributed by atoms with Crippen LogP contribution in [0.15, 0.2) is 54.9 Å². The summed E-state index contributed by atoms with van der Waals surface area (Å²) < 4.78 is 9.92. The lowest BCUT2D eigenvalue weighted by Crippen LogP contribution is -2.51. The Balaban J connectivity index is 1.62. The van der Waals surface area contributed by atoms with E-state index in [1.54, 1.807) is 12.1 Å². The molecule has 2 aromatic carbocycles. The van der Waals surface area contributed by atoms with Crippen LogP contribution in [0.4, 0.5) is 5.69 Å². The van der Waals surface area contributed by atoms with Crippen LogP contribution in [0.3, 0.4) is 0 Å². The zero-order valence-electron chi connectivity index (χ0n) is 13.3. The molecule has 2 aliphatic rings. The SMILES string of the molecule is O=[N+]([O-])c1ccc2c(c1)[C@H]1[C@@H](C2)OCc2nn(-c3ccccc3)c[n+]21. The second-order valence-corrected chi connectivity index (χ2v) is 6.36. The van der Waals surface area contributed by atoms with Gasteiger partial charge in [0.25, 0.3) is 5.69 Å². The fourth-order valence-electron chi connectivity index (χ4n) is 3.77. The minimum atomic E-state index is -0.351. The minimum Gasteiger partial charge on any atom is -0.363 e. The number of nitrogens with zero attached hydrogens (tertiary/aromatic N) is 4. The first-order valence-electron chi connectivity index (χ1n) is 8.14. The molecule has 1 aliphatic carbocycles. The largest absolute Gasteiger partial charge is 0.363 e. The number of rotatable bonds is 2.